The topological polar surface area (TPSA) is 113 Å². The third-order valence-electron chi connectivity index (χ3n) is 4.61. The van der Waals surface area contributed by atoms with E-state index in [9.17, 15) is 9.59 Å². The number of aromatic nitrogens is 7. The van der Waals surface area contributed by atoms with E-state index in [1.165, 1.54) is 15.6 Å². The van der Waals surface area contributed by atoms with E-state index in [-0.39, 0.29) is 18.0 Å². The van der Waals surface area contributed by atoms with Gasteiger partial charge in [-0.1, -0.05) is 6.07 Å². The van der Waals surface area contributed by atoms with Crippen molar-refractivity contribution < 1.29 is 4.79 Å². The average Bonchev–Trinajstić information content (AvgIpc) is 3.20. The molecule has 0 saturated carbocycles. The van der Waals surface area contributed by atoms with Gasteiger partial charge in [0.1, 0.15) is 22.9 Å². The Labute approximate surface area is 179 Å². The van der Waals surface area contributed by atoms with Gasteiger partial charge in [0.05, 0.1) is 5.69 Å². The Kier molecular flexibility index (Phi) is 5.20. The van der Waals surface area contributed by atoms with E-state index in [4.69, 9.17) is 0 Å². The maximum atomic E-state index is 12.6. The Morgan fingerprint density at radius 1 is 1.20 bits per heavy atom. The summed E-state index contributed by atoms with van der Waals surface area (Å²) in [6.07, 6.45) is 3.04. The second-order valence-corrected chi connectivity index (χ2v) is 7.68. The number of hydrogen-bond donors (Lipinski definition) is 1. The Bertz CT molecular complexity index is 1300. The first kappa shape index (κ1) is 20.0. The molecular formula is C19H19BrN8O2. The van der Waals surface area contributed by atoms with Gasteiger partial charge in [0.15, 0.2) is 11.5 Å². The molecule has 154 valence electrons. The van der Waals surface area contributed by atoms with Crippen molar-refractivity contribution in [3.63, 3.8) is 0 Å². The summed E-state index contributed by atoms with van der Waals surface area (Å²) in [5, 5.41) is 11.7. The molecule has 0 spiro atoms. The standard InChI is InChI=1S/C19H19BrN8O2/c1-11-6-12(2)28(24-11)14-5-4-13(7-21-14)8-22-15(29)9-27-10-23-18-16(19(27)30)17(20)25-26(18)3/h4-7,10H,8-9H2,1-3H3,(H,22,29). The molecule has 0 aromatic carbocycles. The SMILES string of the molecule is Cc1cc(C)n(-c2ccc(CNC(=O)Cn3cnc4c(c(Br)nn4C)c3=O)cn2)n1. The van der Waals surface area contributed by atoms with Crippen LogP contribution >= 0.6 is 15.9 Å². The van der Waals surface area contributed by atoms with Gasteiger partial charge in [-0.25, -0.2) is 19.3 Å². The first-order chi connectivity index (χ1) is 14.3. The van der Waals surface area contributed by atoms with Crippen LogP contribution in [0.25, 0.3) is 16.9 Å². The Hall–Kier alpha value is -3.34. The van der Waals surface area contributed by atoms with E-state index in [2.05, 4.69) is 41.4 Å². The molecule has 11 heteroatoms. The number of aryl methyl sites for hydroxylation is 3. The molecule has 1 N–H and O–H groups in total. The van der Waals surface area contributed by atoms with Crippen LogP contribution in [0.1, 0.15) is 17.0 Å². The number of rotatable bonds is 5. The monoisotopic (exact) mass is 470 g/mol. The van der Waals surface area contributed by atoms with Crippen LogP contribution in [0.15, 0.2) is 40.1 Å². The van der Waals surface area contributed by atoms with E-state index in [0.29, 0.717) is 28.0 Å². The van der Waals surface area contributed by atoms with Gasteiger partial charge in [0.2, 0.25) is 5.91 Å². The number of amides is 1. The lowest BCUT2D eigenvalue weighted by Crippen LogP contribution is -2.32. The molecule has 0 atom stereocenters. The van der Waals surface area contributed by atoms with E-state index >= 15 is 0 Å². The fraction of sp³-hybridized carbons (Fsp3) is 0.263. The predicted octanol–water partition coefficient (Wildman–Crippen LogP) is 1.41. The number of fused-ring (bicyclic) bond motifs is 1. The van der Waals surface area contributed by atoms with Crippen LogP contribution in [0.4, 0.5) is 0 Å². The lowest BCUT2D eigenvalue weighted by Gasteiger charge is -2.08. The summed E-state index contributed by atoms with van der Waals surface area (Å²) in [5.41, 5.74) is 2.89. The normalized spacial score (nSPS) is 11.2. The first-order valence-electron chi connectivity index (χ1n) is 9.16. The van der Waals surface area contributed by atoms with E-state index in [1.54, 1.807) is 17.9 Å². The Morgan fingerprint density at radius 3 is 2.67 bits per heavy atom. The number of carbonyl (C=O) groups is 1. The van der Waals surface area contributed by atoms with Gasteiger partial charge in [-0.3, -0.25) is 14.2 Å². The van der Waals surface area contributed by atoms with E-state index in [0.717, 1.165) is 17.0 Å². The third-order valence-corrected chi connectivity index (χ3v) is 5.16. The number of nitrogens with zero attached hydrogens (tertiary/aromatic N) is 7. The number of carbonyl (C=O) groups excluding carboxylic acids is 1. The molecule has 4 rings (SSSR count). The van der Waals surface area contributed by atoms with Crippen molar-refractivity contribution >= 4 is 32.9 Å². The van der Waals surface area contributed by atoms with E-state index < -0.39 is 0 Å². The molecule has 0 aliphatic carbocycles. The van der Waals surface area contributed by atoms with Crippen molar-refractivity contribution in [1.82, 2.24) is 39.4 Å². The molecule has 4 aromatic heterocycles. The fourth-order valence-electron chi connectivity index (χ4n) is 3.17. The number of pyridine rings is 1. The second kappa shape index (κ2) is 7.82. The summed E-state index contributed by atoms with van der Waals surface area (Å²) in [6, 6.07) is 5.71. The van der Waals surface area contributed by atoms with Gasteiger partial charge < -0.3 is 5.32 Å². The molecule has 0 aliphatic heterocycles. The molecule has 10 nitrogen and oxygen atoms in total. The summed E-state index contributed by atoms with van der Waals surface area (Å²) in [7, 11) is 1.70. The van der Waals surface area contributed by atoms with Gasteiger partial charge in [-0.15, -0.1) is 0 Å². The largest absolute Gasteiger partial charge is 0.350 e. The molecular weight excluding hydrogens is 452 g/mol. The third kappa shape index (κ3) is 3.75. The fourth-order valence-corrected chi connectivity index (χ4v) is 3.75. The molecule has 0 bridgehead atoms. The van der Waals surface area contributed by atoms with Gasteiger partial charge in [0, 0.05) is 25.5 Å². The molecule has 30 heavy (non-hydrogen) atoms. The Morgan fingerprint density at radius 2 is 2.00 bits per heavy atom. The van der Waals surface area contributed by atoms with Crippen LogP contribution < -0.4 is 10.9 Å². The average molecular weight is 471 g/mol. The zero-order valence-electron chi connectivity index (χ0n) is 16.6. The molecule has 4 aromatic rings. The number of nitrogens with one attached hydrogen (secondary N) is 1. The van der Waals surface area contributed by atoms with Crippen molar-refractivity contribution in [3.8, 4) is 5.82 Å². The maximum absolute atomic E-state index is 12.6. The highest BCUT2D eigenvalue weighted by Crippen LogP contribution is 2.16. The van der Waals surface area contributed by atoms with Gasteiger partial charge in [0.25, 0.3) is 5.56 Å². The van der Waals surface area contributed by atoms with Crippen molar-refractivity contribution in [2.45, 2.75) is 26.9 Å². The lowest BCUT2D eigenvalue weighted by atomic mass is 10.3. The lowest BCUT2D eigenvalue weighted by molar-refractivity contribution is -0.121. The molecule has 0 saturated heterocycles. The van der Waals surface area contributed by atoms with Gasteiger partial charge >= 0.3 is 0 Å². The predicted molar refractivity (Wildman–Crippen MR) is 113 cm³/mol. The van der Waals surface area contributed by atoms with Crippen LogP contribution in [0.2, 0.25) is 0 Å². The molecule has 0 unspecified atom stereocenters. The van der Waals surface area contributed by atoms with Crippen LogP contribution in [0.5, 0.6) is 0 Å². The summed E-state index contributed by atoms with van der Waals surface area (Å²) < 4.78 is 4.94. The van der Waals surface area contributed by atoms with Crippen LogP contribution in [0.3, 0.4) is 0 Å². The van der Waals surface area contributed by atoms with Crippen molar-refractivity contribution in [1.29, 1.82) is 0 Å². The van der Waals surface area contributed by atoms with Crippen LogP contribution in [-0.4, -0.2) is 40.0 Å². The second-order valence-electron chi connectivity index (χ2n) is 6.93. The van der Waals surface area contributed by atoms with Crippen LogP contribution in [-0.2, 0) is 24.9 Å². The zero-order chi connectivity index (χ0) is 21.4. The molecule has 0 fully saturated rings. The zero-order valence-corrected chi connectivity index (χ0v) is 18.2. The molecule has 1 amide bonds. The highest BCUT2D eigenvalue weighted by atomic mass is 79.9. The minimum absolute atomic E-state index is 0.139. The van der Waals surface area contributed by atoms with Gasteiger partial charge in [-0.2, -0.15) is 10.2 Å². The number of halogens is 1. The highest BCUT2D eigenvalue weighted by molar-refractivity contribution is 9.10. The van der Waals surface area contributed by atoms with Crippen LogP contribution in [0, 0.1) is 13.8 Å². The molecule has 4 heterocycles. The maximum Gasteiger partial charge on any atom is 0.266 e. The van der Waals surface area contributed by atoms with Crippen molar-refractivity contribution in [3.05, 3.63) is 62.6 Å². The smallest absolute Gasteiger partial charge is 0.266 e. The van der Waals surface area contributed by atoms with E-state index in [1.807, 2.05) is 32.0 Å². The van der Waals surface area contributed by atoms with Crippen molar-refractivity contribution in [2.24, 2.45) is 7.05 Å². The van der Waals surface area contributed by atoms with Gasteiger partial charge in [-0.05, 0) is 47.5 Å². The summed E-state index contributed by atoms with van der Waals surface area (Å²) in [4.78, 5) is 33.6. The minimum atomic E-state index is -0.328. The summed E-state index contributed by atoms with van der Waals surface area (Å²) >= 11 is 3.26. The Balaban J connectivity index is 1.42. The minimum Gasteiger partial charge on any atom is -0.350 e. The highest BCUT2D eigenvalue weighted by Gasteiger charge is 2.15. The summed E-state index contributed by atoms with van der Waals surface area (Å²) in [6.45, 7) is 4.05. The summed E-state index contributed by atoms with van der Waals surface area (Å²) in [5.74, 6) is 0.407. The quantitative estimate of drug-likeness (QED) is 0.471. The van der Waals surface area contributed by atoms with Crippen molar-refractivity contribution in [2.75, 3.05) is 0 Å². The first-order valence-corrected chi connectivity index (χ1v) is 9.95. The number of hydrogen-bond acceptors (Lipinski definition) is 6. The molecule has 0 radical (unpaired) electrons. The molecule has 0 aliphatic rings.